The molecular formula is C16H17FN4O. The minimum absolute atomic E-state index is 0.126. The van der Waals surface area contributed by atoms with E-state index in [4.69, 9.17) is 0 Å². The van der Waals surface area contributed by atoms with Gasteiger partial charge in [0, 0.05) is 6.42 Å². The van der Waals surface area contributed by atoms with Gasteiger partial charge in [0.2, 0.25) is 11.6 Å². The fourth-order valence-electron chi connectivity index (χ4n) is 3.30. The predicted molar refractivity (Wildman–Crippen MR) is 78.4 cm³/mol. The van der Waals surface area contributed by atoms with Crippen molar-refractivity contribution in [2.75, 3.05) is 6.54 Å². The summed E-state index contributed by atoms with van der Waals surface area (Å²) in [4.78, 5) is 16.6. The molecule has 5 nitrogen and oxygen atoms in total. The third-order valence-electron chi connectivity index (χ3n) is 4.44. The Labute approximate surface area is 127 Å². The van der Waals surface area contributed by atoms with Crippen molar-refractivity contribution in [2.24, 2.45) is 0 Å². The van der Waals surface area contributed by atoms with Crippen LogP contribution in [0.4, 0.5) is 4.39 Å². The van der Waals surface area contributed by atoms with Gasteiger partial charge in [-0.05, 0) is 24.9 Å². The van der Waals surface area contributed by atoms with Gasteiger partial charge in [0.15, 0.2) is 12.0 Å². The maximum atomic E-state index is 14.3. The first-order valence-corrected chi connectivity index (χ1v) is 7.67. The largest absolute Gasteiger partial charge is 0.307 e. The van der Waals surface area contributed by atoms with E-state index in [-0.39, 0.29) is 29.5 Å². The van der Waals surface area contributed by atoms with Gasteiger partial charge in [0.1, 0.15) is 0 Å². The smallest absolute Gasteiger partial charge is 0.219 e. The molecule has 1 saturated heterocycles. The number of halogens is 1. The average Bonchev–Trinajstić information content (AvgIpc) is 3.25. The van der Waals surface area contributed by atoms with Crippen LogP contribution in [0.1, 0.15) is 53.5 Å². The quantitative estimate of drug-likeness (QED) is 0.883. The van der Waals surface area contributed by atoms with Crippen molar-refractivity contribution >= 4 is 5.78 Å². The van der Waals surface area contributed by atoms with Crippen molar-refractivity contribution in [1.82, 2.24) is 20.1 Å². The summed E-state index contributed by atoms with van der Waals surface area (Å²) >= 11 is 0. The Bertz CT molecular complexity index is 693. The number of hydrogen-bond donors (Lipinski definition) is 1. The highest BCUT2D eigenvalue weighted by molar-refractivity contribution is 5.97. The molecule has 0 amide bonds. The fraction of sp³-hybridized carbons (Fsp3) is 0.438. The van der Waals surface area contributed by atoms with Gasteiger partial charge in [0.05, 0.1) is 12.1 Å². The predicted octanol–water partition coefficient (Wildman–Crippen LogP) is 2.22. The maximum Gasteiger partial charge on any atom is 0.219 e. The molecule has 1 aromatic carbocycles. The molecule has 0 bridgehead atoms. The van der Waals surface area contributed by atoms with Gasteiger partial charge < -0.3 is 5.32 Å². The summed E-state index contributed by atoms with van der Waals surface area (Å²) < 4.78 is 15.8. The van der Waals surface area contributed by atoms with E-state index >= 15 is 0 Å². The van der Waals surface area contributed by atoms with Crippen molar-refractivity contribution < 1.29 is 9.18 Å². The van der Waals surface area contributed by atoms with Gasteiger partial charge in [0.25, 0.3) is 0 Å². The highest BCUT2D eigenvalue weighted by Crippen LogP contribution is 2.39. The molecule has 0 aliphatic carbocycles. The normalized spacial score (nSPS) is 27.0. The Morgan fingerprint density at radius 3 is 2.86 bits per heavy atom. The number of fused-ring (bicyclic) bond motifs is 1. The van der Waals surface area contributed by atoms with E-state index in [2.05, 4.69) is 15.4 Å². The Hall–Kier alpha value is -2.08. The monoisotopic (exact) mass is 300 g/mol. The molecule has 0 radical (unpaired) electrons. The first-order chi connectivity index (χ1) is 10.7. The maximum absolute atomic E-state index is 14.3. The minimum Gasteiger partial charge on any atom is -0.307 e. The lowest BCUT2D eigenvalue weighted by molar-refractivity contribution is 0.0941. The van der Waals surface area contributed by atoms with Gasteiger partial charge in [-0.25, -0.2) is 14.1 Å². The number of carbonyl (C=O) groups is 1. The number of carbonyl (C=O) groups excluding carboxylic acids is 1. The van der Waals surface area contributed by atoms with Crippen LogP contribution in [0.25, 0.3) is 0 Å². The first kappa shape index (κ1) is 13.6. The zero-order chi connectivity index (χ0) is 15.1. The van der Waals surface area contributed by atoms with Crippen molar-refractivity contribution in [1.29, 1.82) is 0 Å². The lowest BCUT2D eigenvalue weighted by Gasteiger charge is -2.11. The number of ketones is 1. The average molecular weight is 300 g/mol. The second-order valence-corrected chi connectivity index (χ2v) is 5.88. The van der Waals surface area contributed by atoms with E-state index in [9.17, 15) is 9.18 Å². The molecule has 3 atom stereocenters. The molecule has 1 fully saturated rings. The van der Waals surface area contributed by atoms with E-state index in [1.165, 1.54) is 0 Å². The summed E-state index contributed by atoms with van der Waals surface area (Å²) in [6.07, 6.45) is 0.928. The number of nitrogens with one attached hydrogen (secondary N) is 1. The summed E-state index contributed by atoms with van der Waals surface area (Å²) in [5, 5.41) is 7.46. The molecule has 2 aromatic rings. The summed E-state index contributed by atoms with van der Waals surface area (Å²) in [7, 11) is 0. The van der Waals surface area contributed by atoms with Crippen LogP contribution in [-0.4, -0.2) is 33.1 Å². The second kappa shape index (κ2) is 5.28. The van der Waals surface area contributed by atoms with E-state index in [1.807, 2.05) is 30.3 Å². The van der Waals surface area contributed by atoms with Crippen LogP contribution in [0.3, 0.4) is 0 Å². The third-order valence-corrected chi connectivity index (χ3v) is 4.44. The first-order valence-electron chi connectivity index (χ1n) is 7.67. The summed E-state index contributed by atoms with van der Waals surface area (Å²) in [5.74, 6) is 0.284. The fourth-order valence-corrected chi connectivity index (χ4v) is 3.30. The van der Waals surface area contributed by atoms with Crippen LogP contribution in [0.2, 0.25) is 0 Å². The molecule has 1 aromatic heterocycles. The zero-order valence-corrected chi connectivity index (χ0v) is 12.1. The number of hydrogen-bond acceptors (Lipinski definition) is 4. The summed E-state index contributed by atoms with van der Waals surface area (Å²) in [5.41, 5.74) is 0.992. The molecule has 1 N–H and O–H groups in total. The number of Topliss-reactive ketones (excluding diaryl/α,β-unsaturated/α-hetero) is 1. The highest BCUT2D eigenvalue weighted by atomic mass is 19.1. The summed E-state index contributed by atoms with van der Waals surface area (Å²) in [6.45, 7) is 0.836. The minimum atomic E-state index is -1.17. The van der Waals surface area contributed by atoms with Crippen molar-refractivity contribution in [2.45, 2.75) is 37.5 Å². The molecule has 6 heteroatoms. The SMILES string of the molecule is O=C(c1nc2n(n1)C(c1ccccc1)CC2F)C1CCCN1. The van der Waals surface area contributed by atoms with Crippen LogP contribution >= 0.6 is 0 Å². The van der Waals surface area contributed by atoms with Gasteiger partial charge in [-0.2, -0.15) is 0 Å². The van der Waals surface area contributed by atoms with Crippen LogP contribution in [0.15, 0.2) is 30.3 Å². The molecule has 0 spiro atoms. The number of alkyl halides is 1. The van der Waals surface area contributed by atoms with Crippen molar-refractivity contribution in [3.05, 3.63) is 47.5 Å². The van der Waals surface area contributed by atoms with Gasteiger partial charge in [-0.15, -0.1) is 5.10 Å². The second-order valence-electron chi connectivity index (χ2n) is 5.88. The van der Waals surface area contributed by atoms with Gasteiger partial charge >= 0.3 is 0 Å². The summed E-state index contributed by atoms with van der Waals surface area (Å²) in [6, 6.07) is 9.27. The van der Waals surface area contributed by atoms with Crippen LogP contribution in [-0.2, 0) is 0 Å². The molecule has 3 unspecified atom stereocenters. The van der Waals surface area contributed by atoms with Gasteiger partial charge in [-0.3, -0.25) is 4.79 Å². The molecule has 22 heavy (non-hydrogen) atoms. The van der Waals surface area contributed by atoms with Crippen LogP contribution in [0, 0.1) is 0 Å². The third kappa shape index (κ3) is 2.14. The Morgan fingerprint density at radius 1 is 1.32 bits per heavy atom. The molecule has 2 aliphatic heterocycles. The highest BCUT2D eigenvalue weighted by Gasteiger charge is 2.37. The van der Waals surface area contributed by atoms with Gasteiger partial charge in [-0.1, -0.05) is 30.3 Å². The van der Waals surface area contributed by atoms with Crippen molar-refractivity contribution in [3.8, 4) is 0 Å². The van der Waals surface area contributed by atoms with E-state index < -0.39 is 6.17 Å². The molecule has 0 saturated carbocycles. The van der Waals surface area contributed by atoms with Crippen molar-refractivity contribution in [3.63, 3.8) is 0 Å². The Balaban J connectivity index is 1.67. The lowest BCUT2D eigenvalue weighted by Crippen LogP contribution is -2.31. The number of aromatic nitrogens is 3. The standard InChI is InChI=1S/C16H17FN4O/c17-11-9-13(10-5-2-1-3-6-10)21-16(11)19-15(20-21)14(22)12-7-4-8-18-12/h1-3,5-6,11-13,18H,4,7-9H2. The molecule has 114 valence electrons. The zero-order valence-electron chi connectivity index (χ0n) is 12.1. The van der Waals surface area contributed by atoms with Crippen LogP contribution in [0.5, 0.6) is 0 Å². The van der Waals surface area contributed by atoms with Crippen LogP contribution < -0.4 is 5.32 Å². The lowest BCUT2D eigenvalue weighted by atomic mass is 10.0. The van der Waals surface area contributed by atoms with E-state index in [1.54, 1.807) is 4.68 Å². The number of nitrogens with zero attached hydrogens (tertiary/aromatic N) is 3. The molecule has 4 rings (SSSR count). The van der Waals surface area contributed by atoms with E-state index in [0.29, 0.717) is 6.42 Å². The molecule has 2 aliphatic rings. The van der Waals surface area contributed by atoms with E-state index in [0.717, 1.165) is 24.9 Å². The number of benzene rings is 1. The number of rotatable bonds is 3. The molecule has 3 heterocycles. The molecular weight excluding hydrogens is 283 g/mol. The Kier molecular flexibility index (Phi) is 3.26. The Morgan fingerprint density at radius 2 is 2.14 bits per heavy atom. The topological polar surface area (TPSA) is 59.8 Å².